The van der Waals surface area contributed by atoms with Crippen LogP contribution in [-0.4, -0.2) is 28.6 Å². The van der Waals surface area contributed by atoms with Gasteiger partial charge in [0, 0.05) is 6.04 Å². The van der Waals surface area contributed by atoms with E-state index in [0.29, 0.717) is 11.9 Å². The summed E-state index contributed by atoms with van der Waals surface area (Å²) in [6.07, 6.45) is 9.56. The highest BCUT2D eigenvalue weighted by molar-refractivity contribution is 5.89. The van der Waals surface area contributed by atoms with Gasteiger partial charge in [-0.2, -0.15) is 0 Å². The van der Waals surface area contributed by atoms with E-state index in [1.807, 2.05) is 0 Å². The van der Waals surface area contributed by atoms with Crippen molar-refractivity contribution in [3.63, 3.8) is 0 Å². The van der Waals surface area contributed by atoms with Crippen molar-refractivity contribution in [2.45, 2.75) is 89.9 Å². The monoisotopic (exact) mass is 278 g/mol. The van der Waals surface area contributed by atoms with Crippen LogP contribution in [0.4, 0.5) is 0 Å². The van der Waals surface area contributed by atoms with Crippen molar-refractivity contribution < 1.29 is 4.79 Å². The van der Waals surface area contributed by atoms with Gasteiger partial charge in [-0.3, -0.25) is 10.1 Å². The van der Waals surface area contributed by atoms with Gasteiger partial charge in [0.15, 0.2) is 0 Å². The van der Waals surface area contributed by atoms with E-state index in [1.54, 1.807) is 0 Å². The van der Waals surface area contributed by atoms with Crippen LogP contribution in [0.1, 0.15) is 72.1 Å². The summed E-state index contributed by atoms with van der Waals surface area (Å²) in [5.41, 5.74) is -0.190. The van der Waals surface area contributed by atoms with Gasteiger partial charge in [-0.15, -0.1) is 0 Å². The number of rotatable bonds is 2. The number of hydrogen-bond donors (Lipinski definition) is 1. The van der Waals surface area contributed by atoms with E-state index in [2.05, 4.69) is 31.0 Å². The van der Waals surface area contributed by atoms with Crippen molar-refractivity contribution in [1.29, 1.82) is 0 Å². The first-order valence-electron chi connectivity index (χ1n) is 8.66. The second-order valence-corrected chi connectivity index (χ2v) is 7.64. The van der Waals surface area contributed by atoms with Crippen molar-refractivity contribution >= 4 is 5.91 Å². The molecule has 3 heteroatoms. The van der Waals surface area contributed by atoms with Crippen LogP contribution in [-0.2, 0) is 4.79 Å². The summed E-state index contributed by atoms with van der Waals surface area (Å²) >= 11 is 0. The first kappa shape index (κ1) is 14.4. The fraction of sp³-hybridized carbons (Fsp3) is 0.941. The summed E-state index contributed by atoms with van der Waals surface area (Å²) in [5, 5.41) is 3.72. The molecule has 20 heavy (non-hydrogen) atoms. The lowest BCUT2D eigenvalue weighted by Gasteiger charge is -2.39. The van der Waals surface area contributed by atoms with Crippen LogP contribution < -0.4 is 5.32 Å². The smallest absolute Gasteiger partial charge is 0.244 e. The van der Waals surface area contributed by atoms with Crippen LogP contribution in [0.15, 0.2) is 0 Å². The summed E-state index contributed by atoms with van der Waals surface area (Å²) in [5.74, 6) is 1.94. The van der Waals surface area contributed by atoms with E-state index in [9.17, 15) is 4.79 Å². The van der Waals surface area contributed by atoms with Crippen molar-refractivity contribution in [2.24, 2.45) is 11.8 Å². The predicted octanol–water partition coefficient (Wildman–Crippen LogP) is 3.29. The molecule has 2 aliphatic carbocycles. The Morgan fingerprint density at radius 3 is 2.30 bits per heavy atom. The highest BCUT2D eigenvalue weighted by Gasteiger charge is 2.53. The molecule has 2 saturated carbocycles. The Morgan fingerprint density at radius 1 is 1.15 bits per heavy atom. The van der Waals surface area contributed by atoms with E-state index in [4.69, 9.17) is 0 Å². The molecular weight excluding hydrogens is 248 g/mol. The number of amides is 1. The van der Waals surface area contributed by atoms with Crippen molar-refractivity contribution in [2.75, 3.05) is 0 Å². The first-order chi connectivity index (χ1) is 9.55. The van der Waals surface area contributed by atoms with E-state index < -0.39 is 0 Å². The van der Waals surface area contributed by atoms with Crippen LogP contribution >= 0.6 is 0 Å². The zero-order valence-electron chi connectivity index (χ0n) is 13.3. The molecule has 3 fully saturated rings. The minimum atomic E-state index is -0.190. The van der Waals surface area contributed by atoms with Crippen LogP contribution in [0.25, 0.3) is 0 Å². The lowest BCUT2D eigenvalue weighted by molar-refractivity contribution is -0.136. The Labute approximate surface area is 123 Å². The normalized spacial score (nSPS) is 40.8. The lowest BCUT2D eigenvalue weighted by atomic mass is 9.79. The average molecular weight is 278 g/mol. The minimum Gasteiger partial charge on any atom is -0.323 e. The molecule has 114 valence electrons. The minimum absolute atomic E-state index is 0.190. The zero-order chi connectivity index (χ0) is 14.3. The Hall–Kier alpha value is -0.570. The SMILES string of the molecule is CCC1NC2(CCCC2)C(=O)N1C1CC(C)CC(C)C1. The summed E-state index contributed by atoms with van der Waals surface area (Å²) in [6.45, 7) is 6.91. The van der Waals surface area contributed by atoms with E-state index >= 15 is 0 Å². The summed E-state index contributed by atoms with van der Waals surface area (Å²) in [7, 11) is 0. The molecule has 3 nitrogen and oxygen atoms in total. The van der Waals surface area contributed by atoms with Crippen LogP contribution in [0.5, 0.6) is 0 Å². The van der Waals surface area contributed by atoms with Gasteiger partial charge in [0.1, 0.15) is 0 Å². The van der Waals surface area contributed by atoms with Gasteiger partial charge in [0.05, 0.1) is 11.7 Å². The maximum atomic E-state index is 13.1. The van der Waals surface area contributed by atoms with Gasteiger partial charge in [-0.05, 0) is 50.4 Å². The van der Waals surface area contributed by atoms with Crippen LogP contribution in [0, 0.1) is 11.8 Å². The molecule has 1 spiro atoms. The second-order valence-electron chi connectivity index (χ2n) is 7.64. The van der Waals surface area contributed by atoms with Gasteiger partial charge < -0.3 is 4.90 Å². The molecule has 0 radical (unpaired) electrons. The van der Waals surface area contributed by atoms with Gasteiger partial charge in [-0.1, -0.05) is 33.6 Å². The third-order valence-corrected chi connectivity index (χ3v) is 5.81. The molecule has 0 aromatic carbocycles. The number of nitrogens with one attached hydrogen (secondary N) is 1. The number of carbonyl (C=O) groups excluding carboxylic acids is 1. The number of nitrogens with zero attached hydrogens (tertiary/aromatic N) is 1. The van der Waals surface area contributed by atoms with E-state index in [-0.39, 0.29) is 11.7 Å². The molecule has 1 saturated heterocycles. The van der Waals surface area contributed by atoms with Gasteiger partial charge in [-0.25, -0.2) is 0 Å². The lowest BCUT2D eigenvalue weighted by Crippen LogP contribution is -2.48. The molecule has 1 N–H and O–H groups in total. The van der Waals surface area contributed by atoms with Gasteiger partial charge in [0.2, 0.25) is 5.91 Å². The molecule has 3 unspecified atom stereocenters. The molecule has 3 atom stereocenters. The quantitative estimate of drug-likeness (QED) is 0.840. The third kappa shape index (κ3) is 2.28. The van der Waals surface area contributed by atoms with Crippen molar-refractivity contribution in [3.05, 3.63) is 0 Å². The van der Waals surface area contributed by atoms with E-state index in [1.165, 1.54) is 32.1 Å². The van der Waals surface area contributed by atoms with Gasteiger partial charge in [0.25, 0.3) is 0 Å². The fourth-order valence-electron chi connectivity index (χ4n) is 5.03. The van der Waals surface area contributed by atoms with Crippen molar-refractivity contribution in [1.82, 2.24) is 10.2 Å². The standard InChI is InChI=1S/C17H30N2O/c1-4-15-18-17(7-5-6-8-17)16(20)19(15)14-10-12(2)9-13(3)11-14/h12-15,18H,4-11H2,1-3H3. The predicted molar refractivity (Wildman–Crippen MR) is 81.2 cm³/mol. The topological polar surface area (TPSA) is 32.3 Å². The molecule has 0 bridgehead atoms. The first-order valence-corrected chi connectivity index (χ1v) is 8.66. The van der Waals surface area contributed by atoms with Gasteiger partial charge >= 0.3 is 0 Å². The number of hydrogen-bond acceptors (Lipinski definition) is 2. The molecule has 1 amide bonds. The highest BCUT2D eigenvalue weighted by Crippen LogP contribution is 2.41. The number of carbonyl (C=O) groups is 1. The Balaban J connectivity index is 1.81. The summed E-state index contributed by atoms with van der Waals surface area (Å²) < 4.78 is 0. The van der Waals surface area contributed by atoms with Crippen LogP contribution in [0.2, 0.25) is 0 Å². The fourth-order valence-corrected chi connectivity index (χ4v) is 5.03. The second kappa shape index (κ2) is 5.32. The maximum absolute atomic E-state index is 13.1. The zero-order valence-corrected chi connectivity index (χ0v) is 13.3. The largest absolute Gasteiger partial charge is 0.323 e. The average Bonchev–Trinajstić information content (AvgIpc) is 2.96. The molecule has 0 aromatic rings. The molecule has 1 aliphatic heterocycles. The summed E-state index contributed by atoms with van der Waals surface area (Å²) in [4.78, 5) is 15.3. The Kier molecular flexibility index (Phi) is 3.83. The molecular formula is C17H30N2O. The van der Waals surface area contributed by atoms with Crippen LogP contribution in [0.3, 0.4) is 0 Å². The molecule has 0 aromatic heterocycles. The Morgan fingerprint density at radius 2 is 1.75 bits per heavy atom. The molecule has 3 aliphatic rings. The highest BCUT2D eigenvalue weighted by atomic mass is 16.2. The molecule has 1 heterocycles. The summed E-state index contributed by atoms with van der Waals surface area (Å²) in [6, 6.07) is 0.471. The maximum Gasteiger partial charge on any atom is 0.244 e. The third-order valence-electron chi connectivity index (χ3n) is 5.81. The Bertz CT molecular complexity index is 365. The van der Waals surface area contributed by atoms with Crippen molar-refractivity contribution in [3.8, 4) is 0 Å². The molecule has 3 rings (SSSR count). The van der Waals surface area contributed by atoms with E-state index in [0.717, 1.165) is 31.1 Å².